The van der Waals surface area contributed by atoms with Crippen molar-refractivity contribution in [3.05, 3.63) is 51.2 Å². The summed E-state index contributed by atoms with van der Waals surface area (Å²) in [6.07, 6.45) is 0.192. The predicted molar refractivity (Wildman–Crippen MR) is 116 cm³/mol. The van der Waals surface area contributed by atoms with Crippen LogP contribution in [0.15, 0.2) is 46.3 Å². The lowest BCUT2D eigenvalue weighted by molar-refractivity contribution is -0.118. The molecule has 10 heteroatoms. The van der Waals surface area contributed by atoms with Crippen LogP contribution < -0.4 is 9.54 Å². The Hall–Kier alpha value is -1.87. The van der Waals surface area contributed by atoms with E-state index in [0.29, 0.717) is 26.1 Å². The molecule has 0 N–H and O–H groups in total. The highest BCUT2D eigenvalue weighted by molar-refractivity contribution is 7.91. The van der Waals surface area contributed by atoms with Crippen LogP contribution in [0.4, 0.5) is 0 Å². The molecule has 0 bridgehead atoms. The predicted octanol–water partition coefficient (Wildman–Crippen LogP) is 4.24. The lowest BCUT2D eigenvalue weighted by Crippen LogP contribution is -2.14. The molecule has 154 valence electrons. The first kappa shape index (κ1) is 21.8. The third-order valence-corrected chi connectivity index (χ3v) is 8.01. The topological polar surface area (TPSA) is 77.7 Å². The number of halogens is 2. The number of nitrogens with zero attached hydrogens (tertiary/aromatic N) is 2. The van der Waals surface area contributed by atoms with E-state index in [1.54, 1.807) is 35.9 Å². The highest BCUT2D eigenvalue weighted by Crippen LogP contribution is 2.31. The maximum Gasteiger partial charge on any atom is 0.248 e. The summed E-state index contributed by atoms with van der Waals surface area (Å²) in [7, 11) is -0.218. The summed E-state index contributed by atoms with van der Waals surface area (Å²) >= 11 is 13.7. The lowest BCUT2D eigenvalue weighted by Gasteiger charge is -2.05. The third-order valence-electron chi connectivity index (χ3n) is 4.29. The molecule has 1 amide bonds. The van der Waals surface area contributed by atoms with E-state index in [-0.39, 0.29) is 23.5 Å². The molecule has 0 saturated carbocycles. The molecule has 0 radical (unpaired) electrons. The van der Waals surface area contributed by atoms with Gasteiger partial charge in [-0.05, 0) is 42.8 Å². The van der Waals surface area contributed by atoms with Gasteiger partial charge in [0.1, 0.15) is 5.75 Å². The number of hydrogen-bond acceptors (Lipinski definition) is 5. The van der Waals surface area contributed by atoms with Gasteiger partial charge < -0.3 is 9.30 Å². The highest BCUT2D eigenvalue weighted by Gasteiger charge is 2.16. The van der Waals surface area contributed by atoms with Crippen molar-refractivity contribution in [2.75, 3.05) is 12.9 Å². The summed E-state index contributed by atoms with van der Waals surface area (Å²) in [5.41, 5.74) is 0.706. The van der Waals surface area contributed by atoms with E-state index in [9.17, 15) is 13.2 Å². The van der Waals surface area contributed by atoms with Gasteiger partial charge in [-0.1, -0.05) is 34.5 Å². The SMILES string of the molecule is COc1ccc(S(=O)(=O)CCCC(=O)N=c2sc3c(Cl)ccc(Cl)c3n2C)cc1. The third kappa shape index (κ3) is 4.83. The number of rotatable bonds is 6. The minimum atomic E-state index is -3.48. The molecule has 3 rings (SSSR count). The smallest absolute Gasteiger partial charge is 0.248 e. The number of ether oxygens (including phenoxy) is 1. The van der Waals surface area contributed by atoms with Crippen molar-refractivity contribution in [3.8, 4) is 5.75 Å². The molecule has 0 unspecified atom stereocenters. The van der Waals surface area contributed by atoms with Crippen molar-refractivity contribution in [2.45, 2.75) is 17.7 Å². The first-order valence-corrected chi connectivity index (χ1v) is 11.8. The van der Waals surface area contributed by atoms with Gasteiger partial charge in [-0.2, -0.15) is 4.99 Å². The van der Waals surface area contributed by atoms with Crippen molar-refractivity contribution in [2.24, 2.45) is 12.0 Å². The van der Waals surface area contributed by atoms with Gasteiger partial charge in [-0.15, -0.1) is 0 Å². The molecular formula is C19H18Cl2N2O4S2. The number of benzene rings is 2. The van der Waals surface area contributed by atoms with Gasteiger partial charge in [0.25, 0.3) is 0 Å². The molecule has 0 atom stereocenters. The number of carbonyl (C=O) groups is 1. The zero-order valence-electron chi connectivity index (χ0n) is 15.7. The summed E-state index contributed by atoms with van der Waals surface area (Å²) in [5.74, 6) is 0.0372. The van der Waals surface area contributed by atoms with Crippen LogP contribution in [-0.4, -0.2) is 31.8 Å². The van der Waals surface area contributed by atoms with E-state index in [1.807, 2.05) is 0 Å². The fourth-order valence-corrected chi connectivity index (χ4v) is 5.75. The molecule has 1 aromatic heterocycles. The van der Waals surface area contributed by atoms with Crippen LogP contribution in [0.3, 0.4) is 0 Å². The normalized spacial score (nSPS) is 12.5. The van der Waals surface area contributed by atoms with E-state index < -0.39 is 15.7 Å². The number of aryl methyl sites for hydroxylation is 1. The van der Waals surface area contributed by atoms with Crippen LogP contribution in [0.2, 0.25) is 10.0 Å². The van der Waals surface area contributed by atoms with Crippen molar-refractivity contribution >= 4 is 60.5 Å². The Morgan fingerprint density at radius 1 is 1.14 bits per heavy atom. The van der Waals surface area contributed by atoms with E-state index >= 15 is 0 Å². The molecule has 0 aliphatic heterocycles. The molecule has 0 fully saturated rings. The summed E-state index contributed by atoms with van der Waals surface area (Å²) in [5, 5.41) is 1.05. The fourth-order valence-electron chi connectivity index (χ4n) is 2.76. The molecule has 6 nitrogen and oxygen atoms in total. The molecule has 1 heterocycles. The minimum absolute atomic E-state index is 0.0189. The van der Waals surface area contributed by atoms with Crippen molar-refractivity contribution < 1.29 is 17.9 Å². The summed E-state index contributed by atoms with van der Waals surface area (Å²) in [6.45, 7) is 0. The van der Waals surface area contributed by atoms with Gasteiger partial charge in [0.2, 0.25) is 5.91 Å². The maximum atomic E-state index is 12.4. The van der Waals surface area contributed by atoms with Gasteiger partial charge in [0.15, 0.2) is 14.6 Å². The number of hydrogen-bond donors (Lipinski definition) is 0. The van der Waals surface area contributed by atoms with E-state index in [0.717, 1.165) is 4.70 Å². The van der Waals surface area contributed by atoms with Crippen LogP contribution in [0.25, 0.3) is 10.2 Å². The van der Waals surface area contributed by atoms with Crippen molar-refractivity contribution in [1.29, 1.82) is 0 Å². The van der Waals surface area contributed by atoms with Crippen molar-refractivity contribution in [3.63, 3.8) is 0 Å². The zero-order chi connectivity index (χ0) is 21.2. The van der Waals surface area contributed by atoms with Crippen LogP contribution in [-0.2, 0) is 21.7 Å². The standard InChI is InChI=1S/C19H18Cl2N2O4S2/c1-23-17-14(20)9-10-15(21)18(17)28-19(23)22-16(24)4-3-11-29(25,26)13-7-5-12(27-2)6-8-13/h5-10H,3-4,11H2,1-2H3. The zero-order valence-corrected chi connectivity index (χ0v) is 18.8. The Balaban J connectivity index is 1.71. The summed E-state index contributed by atoms with van der Waals surface area (Å²) in [4.78, 5) is 17.0. The van der Waals surface area contributed by atoms with E-state index in [2.05, 4.69) is 4.99 Å². The molecule has 29 heavy (non-hydrogen) atoms. The van der Waals surface area contributed by atoms with Crippen LogP contribution in [0, 0.1) is 0 Å². The molecule has 0 aliphatic carbocycles. The molecule has 2 aromatic carbocycles. The molecule has 3 aromatic rings. The number of thiazole rings is 1. The van der Waals surface area contributed by atoms with Gasteiger partial charge in [-0.3, -0.25) is 4.79 Å². The summed E-state index contributed by atoms with van der Waals surface area (Å²) in [6, 6.07) is 9.54. The van der Waals surface area contributed by atoms with Gasteiger partial charge in [-0.25, -0.2) is 8.42 Å². The first-order chi connectivity index (χ1) is 13.7. The Kier molecular flexibility index (Phi) is 6.68. The van der Waals surface area contributed by atoms with Gasteiger partial charge in [0.05, 0.1) is 38.0 Å². The second kappa shape index (κ2) is 8.87. The highest BCUT2D eigenvalue weighted by atomic mass is 35.5. The van der Waals surface area contributed by atoms with Crippen LogP contribution in [0.1, 0.15) is 12.8 Å². The first-order valence-electron chi connectivity index (χ1n) is 8.61. The van der Waals surface area contributed by atoms with E-state index in [1.165, 1.54) is 30.6 Å². The second-order valence-electron chi connectivity index (χ2n) is 6.25. The average molecular weight is 473 g/mol. The number of aromatic nitrogens is 1. The molecule has 0 spiro atoms. The van der Waals surface area contributed by atoms with Crippen molar-refractivity contribution in [1.82, 2.24) is 4.57 Å². The lowest BCUT2D eigenvalue weighted by atomic mass is 10.3. The average Bonchev–Trinajstić information content (AvgIpc) is 3.02. The number of sulfone groups is 1. The maximum absolute atomic E-state index is 12.4. The Labute approximate surface area is 182 Å². The second-order valence-corrected chi connectivity index (χ2v) is 10.2. The van der Waals surface area contributed by atoms with Gasteiger partial charge >= 0.3 is 0 Å². The van der Waals surface area contributed by atoms with E-state index in [4.69, 9.17) is 27.9 Å². The number of carbonyl (C=O) groups excluding carboxylic acids is 1. The number of methoxy groups -OCH3 is 1. The van der Waals surface area contributed by atoms with Crippen LogP contribution >= 0.6 is 34.5 Å². The molecular weight excluding hydrogens is 455 g/mol. The van der Waals surface area contributed by atoms with Crippen LogP contribution in [0.5, 0.6) is 5.75 Å². The number of fused-ring (bicyclic) bond motifs is 1. The van der Waals surface area contributed by atoms with Gasteiger partial charge in [0, 0.05) is 13.5 Å². The molecule has 0 saturated heterocycles. The number of amides is 1. The Morgan fingerprint density at radius 2 is 1.79 bits per heavy atom. The fraction of sp³-hybridized carbons (Fsp3) is 0.263. The minimum Gasteiger partial charge on any atom is -0.497 e. The Bertz CT molecular complexity index is 1230. The quantitative estimate of drug-likeness (QED) is 0.537. The molecule has 0 aliphatic rings. The Morgan fingerprint density at radius 3 is 2.41 bits per heavy atom. The monoisotopic (exact) mass is 472 g/mol. The largest absolute Gasteiger partial charge is 0.497 e. The summed E-state index contributed by atoms with van der Waals surface area (Å²) < 4.78 is 32.3.